The van der Waals surface area contributed by atoms with Crippen molar-refractivity contribution in [3.63, 3.8) is 0 Å². The molecular weight excluding hydrogens is 388 g/mol. The highest BCUT2D eigenvalue weighted by atomic mass is 16.5. The number of nitrogens with one attached hydrogen (secondary N) is 2. The minimum absolute atomic E-state index is 0.0295. The summed E-state index contributed by atoms with van der Waals surface area (Å²) in [6.07, 6.45) is 0.0859. The molecule has 1 radical (unpaired) electrons. The summed E-state index contributed by atoms with van der Waals surface area (Å²) in [7, 11) is 0. The number of carbonyl (C=O) groups is 1. The molecule has 3 aromatic rings. The molecule has 2 N–H and O–H groups in total. The third-order valence-electron chi connectivity index (χ3n) is 5.63. The van der Waals surface area contributed by atoms with E-state index in [1.807, 2.05) is 54.6 Å². The summed E-state index contributed by atoms with van der Waals surface area (Å²) >= 11 is 0. The number of rotatable bonds is 9. The first-order valence-electron chi connectivity index (χ1n) is 10.6. The fourth-order valence-electron chi connectivity index (χ4n) is 4.02. The summed E-state index contributed by atoms with van der Waals surface area (Å²) in [5, 5.41) is 2.81. The van der Waals surface area contributed by atoms with E-state index in [1.54, 1.807) is 0 Å². The van der Waals surface area contributed by atoms with E-state index in [-0.39, 0.29) is 25.1 Å². The van der Waals surface area contributed by atoms with Crippen LogP contribution in [0.3, 0.4) is 0 Å². The molecule has 5 heteroatoms. The third kappa shape index (κ3) is 5.13. The van der Waals surface area contributed by atoms with E-state index in [0.29, 0.717) is 19.6 Å². The second-order valence-corrected chi connectivity index (χ2v) is 7.70. The van der Waals surface area contributed by atoms with Gasteiger partial charge in [-0.05, 0) is 34.2 Å². The van der Waals surface area contributed by atoms with Crippen molar-refractivity contribution in [3.05, 3.63) is 95.6 Å². The molecule has 0 aliphatic heterocycles. The molecule has 0 bridgehead atoms. The van der Waals surface area contributed by atoms with Crippen LogP contribution in [0.25, 0.3) is 11.1 Å². The average molecular weight is 416 g/mol. The molecule has 0 spiro atoms. The van der Waals surface area contributed by atoms with Gasteiger partial charge in [-0.15, -0.1) is 0 Å². The summed E-state index contributed by atoms with van der Waals surface area (Å²) in [6, 6.07) is 26.2. The monoisotopic (exact) mass is 415 g/mol. The first kappa shape index (κ1) is 21.1. The van der Waals surface area contributed by atoms with Crippen LogP contribution in [0.5, 0.6) is 0 Å². The van der Waals surface area contributed by atoms with Crippen LogP contribution < -0.4 is 11.1 Å². The van der Waals surface area contributed by atoms with Crippen LogP contribution in [-0.4, -0.2) is 31.9 Å². The molecule has 0 saturated heterocycles. The van der Waals surface area contributed by atoms with E-state index < -0.39 is 6.09 Å². The first-order valence-corrected chi connectivity index (χ1v) is 10.6. The van der Waals surface area contributed by atoms with Crippen molar-refractivity contribution in [1.82, 2.24) is 11.1 Å². The third-order valence-corrected chi connectivity index (χ3v) is 5.63. The smallest absolute Gasteiger partial charge is 0.407 e. The lowest BCUT2D eigenvalue weighted by atomic mass is 9.98. The maximum Gasteiger partial charge on any atom is 0.407 e. The van der Waals surface area contributed by atoms with E-state index in [9.17, 15) is 4.79 Å². The molecule has 31 heavy (non-hydrogen) atoms. The minimum Gasteiger partial charge on any atom is -0.449 e. The Morgan fingerprint density at radius 2 is 1.52 bits per heavy atom. The fraction of sp³-hybridized carbons (Fsp3) is 0.269. The highest BCUT2D eigenvalue weighted by Gasteiger charge is 2.29. The molecule has 1 amide bonds. The number of hydrogen-bond donors (Lipinski definition) is 1. The van der Waals surface area contributed by atoms with E-state index in [4.69, 9.17) is 15.2 Å². The van der Waals surface area contributed by atoms with Crippen molar-refractivity contribution in [2.45, 2.75) is 25.0 Å². The molecule has 0 saturated carbocycles. The van der Waals surface area contributed by atoms with Crippen LogP contribution in [-0.2, 0) is 16.1 Å². The normalized spacial score (nSPS) is 13.3. The van der Waals surface area contributed by atoms with Gasteiger partial charge in [-0.3, -0.25) is 5.73 Å². The van der Waals surface area contributed by atoms with E-state index >= 15 is 0 Å². The zero-order chi connectivity index (χ0) is 21.5. The minimum atomic E-state index is -0.484. The lowest BCUT2D eigenvalue weighted by molar-refractivity contribution is 0.106. The topological polar surface area (TPSA) is 71.4 Å². The number of hydrogen-bond acceptors (Lipinski definition) is 3. The predicted molar refractivity (Wildman–Crippen MR) is 121 cm³/mol. The van der Waals surface area contributed by atoms with Gasteiger partial charge in [0.05, 0.1) is 6.61 Å². The van der Waals surface area contributed by atoms with Gasteiger partial charge in [0.25, 0.3) is 0 Å². The Balaban J connectivity index is 1.26. The van der Waals surface area contributed by atoms with Gasteiger partial charge in [0, 0.05) is 25.1 Å². The Labute approximate surface area is 183 Å². The average Bonchev–Trinajstić information content (AvgIpc) is 3.14. The van der Waals surface area contributed by atoms with Crippen LogP contribution in [0.1, 0.15) is 29.0 Å². The predicted octanol–water partition coefficient (Wildman–Crippen LogP) is 4.78. The standard InChI is InChI=1S/C26H27N2O3/c27-16-20(14-15-30-17-19-8-2-1-3-9-19)28-26(29)31-18-25-23-12-6-4-10-21(23)22-11-5-7-13-24(22)25/h1-13,20,25,27H,14-18H2,(H,28,29). The van der Waals surface area contributed by atoms with Gasteiger partial charge in [-0.1, -0.05) is 78.9 Å². The number of amides is 1. The SMILES string of the molecule is [NH]CC(CCOCc1ccccc1)NC(=O)OCC1c2ccccc2-c2ccccc21. The molecule has 4 rings (SSSR count). The molecule has 3 aromatic carbocycles. The number of ether oxygens (including phenoxy) is 2. The fourth-order valence-corrected chi connectivity index (χ4v) is 4.02. The molecule has 0 fully saturated rings. The maximum atomic E-state index is 12.4. The quantitative estimate of drug-likeness (QED) is 0.511. The lowest BCUT2D eigenvalue weighted by Crippen LogP contribution is -2.39. The van der Waals surface area contributed by atoms with E-state index in [0.717, 1.165) is 5.56 Å². The summed E-state index contributed by atoms with van der Waals surface area (Å²) in [5.74, 6) is 0.0295. The summed E-state index contributed by atoms with van der Waals surface area (Å²) in [6.45, 7) is 1.35. The van der Waals surface area contributed by atoms with Crippen molar-refractivity contribution in [3.8, 4) is 11.1 Å². The van der Waals surface area contributed by atoms with Crippen molar-refractivity contribution in [2.75, 3.05) is 19.8 Å². The van der Waals surface area contributed by atoms with Gasteiger partial charge in [-0.25, -0.2) is 4.79 Å². The molecule has 1 atom stereocenters. The van der Waals surface area contributed by atoms with Gasteiger partial charge in [0.15, 0.2) is 0 Å². The zero-order valence-corrected chi connectivity index (χ0v) is 17.4. The molecule has 1 aliphatic carbocycles. The van der Waals surface area contributed by atoms with Gasteiger partial charge >= 0.3 is 6.09 Å². The Kier molecular flexibility index (Phi) is 6.97. The zero-order valence-electron chi connectivity index (χ0n) is 17.4. The van der Waals surface area contributed by atoms with Crippen LogP contribution >= 0.6 is 0 Å². The van der Waals surface area contributed by atoms with Gasteiger partial charge < -0.3 is 14.8 Å². The number of benzene rings is 3. The molecule has 1 aliphatic rings. The highest BCUT2D eigenvalue weighted by molar-refractivity contribution is 5.79. The Bertz CT molecular complexity index is 961. The van der Waals surface area contributed by atoms with Gasteiger partial charge in [0.2, 0.25) is 0 Å². The van der Waals surface area contributed by atoms with Crippen molar-refractivity contribution < 1.29 is 14.3 Å². The number of fused-ring (bicyclic) bond motifs is 3. The van der Waals surface area contributed by atoms with Crippen LogP contribution in [0, 0.1) is 0 Å². The summed E-state index contributed by atoms with van der Waals surface area (Å²) in [5.41, 5.74) is 13.6. The van der Waals surface area contributed by atoms with E-state index in [1.165, 1.54) is 22.3 Å². The second kappa shape index (κ2) is 10.2. The van der Waals surface area contributed by atoms with Gasteiger partial charge in [0.1, 0.15) is 6.61 Å². The van der Waals surface area contributed by atoms with Crippen LogP contribution in [0.2, 0.25) is 0 Å². The summed E-state index contributed by atoms with van der Waals surface area (Å²) in [4.78, 5) is 12.4. The Hall–Kier alpha value is -3.15. The van der Waals surface area contributed by atoms with Gasteiger partial charge in [-0.2, -0.15) is 0 Å². The number of carbonyl (C=O) groups excluding carboxylic acids is 1. The molecule has 5 nitrogen and oxygen atoms in total. The Morgan fingerprint density at radius 3 is 2.16 bits per heavy atom. The van der Waals surface area contributed by atoms with Crippen LogP contribution in [0.4, 0.5) is 4.79 Å². The van der Waals surface area contributed by atoms with Crippen molar-refractivity contribution in [1.29, 1.82) is 0 Å². The molecule has 1 unspecified atom stereocenters. The highest BCUT2D eigenvalue weighted by Crippen LogP contribution is 2.44. The lowest BCUT2D eigenvalue weighted by Gasteiger charge is -2.18. The van der Waals surface area contributed by atoms with Crippen LogP contribution in [0.15, 0.2) is 78.9 Å². The molecule has 0 aromatic heterocycles. The number of alkyl carbamates (subject to hydrolysis) is 1. The van der Waals surface area contributed by atoms with Crippen molar-refractivity contribution >= 4 is 6.09 Å². The molecular formula is C26H27N2O3. The molecule has 0 heterocycles. The Morgan fingerprint density at radius 1 is 0.903 bits per heavy atom. The second-order valence-electron chi connectivity index (χ2n) is 7.70. The van der Waals surface area contributed by atoms with Crippen molar-refractivity contribution in [2.24, 2.45) is 0 Å². The first-order chi connectivity index (χ1) is 15.3. The maximum absolute atomic E-state index is 12.4. The van der Waals surface area contributed by atoms with E-state index in [2.05, 4.69) is 29.6 Å². The molecule has 159 valence electrons. The largest absolute Gasteiger partial charge is 0.449 e. The summed E-state index contributed by atoms with van der Waals surface area (Å²) < 4.78 is 11.3.